The van der Waals surface area contributed by atoms with Gasteiger partial charge in [-0.05, 0) is 29.7 Å². The van der Waals surface area contributed by atoms with E-state index in [2.05, 4.69) is 26.1 Å². The lowest BCUT2D eigenvalue weighted by atomic mass is 9.87. The van der Waals surface area contributed by atoms with E-state index >= 15 is 0 Å². The van der Waals surface area contributed by atoms with Crippen LogP contribution in [0, 0.1) is 0 Å². The molecule has 2 N–H and O–H groups in total. The van der Waals surface area contributed by atoms with E-state index in [1.54, 1.807) is 0 Å². The third-order valence-corrected chi connectivity index (χ3v) is 2.89. The lowest BCUT2D eigenvalue weighted by molar-refractivity contribution is -0.140. The SMILES string of the molecule is CCNC(COc1ccc(C(C)(C)C)cc1)C(=O)O. The van der Waals surface area contributed by atoms with E-state index in [0.717, 1.165) is 0 Å². The smallest absolute Gasteiger partial charge is 0.324 e. The highest BCUT2D eigenvalue weighted by atomic mass is 16.5. The zero-order valence-electron chi connectivity index (χ0n) is 12.1. The van der Waals surface area contributed by atoms with Crippen LogP contribution in [-0.2, 0) is 10.2 Å². The molecule has 1 aromatic carbocycles. The molecule has 4 nitrogen and oxygen atoms in total. The highest BCUT2D eigenvalue weighted by Crippen LogP contribution is 2.24. The number of likely N-dealkylation sites (N-methyl/N-ethyl adjacent to an activating group) is 1. The summed E-state index contributed by atoms with van der Waals surface area (Å²) in [5.74, 6) is -0.203. The molecular weight excluding hydrogens is 242 g/mol. The molecule has 1 aromatic rings. The van der Waals surface area contributed by atoms with Crippen molar-refractivity contribution in [3.63, 3.8) is 0 Å². The number of rotatable bonds is 6. The summed E-state index contributed by atoms with van der Waals surface area (Å²) >= 11 is 0. The molecule has 4 heteroatoms. The molecule has 1 rings (SSSR count). The predicted octanol–water partition coefficient (Wildman–Crippen LogP) is 2.43. The molecule has 0 spiro atoms. The first-order chi connectivity index (χ1) is 8.84. The Morgan fingerprint density at radius 2 is 1.89 bits per heavy atom. The molecule has 106 valence electrons. The first-order valence-electron chi connectivity index (χ1n) is 6.54. The van der Waals surface area contributed by atoms with Crippen LogP contribution < -0.4 is 10.1 Å². The van der Waals surface area contributed by atoms with E-state index in [0.29, 0.717) is 12.3 Å². The van der Waals surface area contributed by atoms with Gasteiger partial charge in [-0.1, -0.05) is 39.8 Å². The van der Waals surface area contributed by atoms with Crippen molar-refractivity contribution in [2.75, 3.05) is 13.2 Å². The number of benzene rings is 1. The van der Waals surface area contributed by atoms with Crippen LogP contribution in [0.25, 0.3) is 0 Å². The number of carbonyl (C=O) groups is 1. The normalized spacial score (nSPS) is 13.1. The number of hydrogen-bond donors (Lipinski definition) is 2. The molecule has 0 aromatic heterocycles. The maximum Gasteiger partial charge on any atom is 0.324 e. The van der Waals surface area contributed by atoms with Gasteiger partial charge >= 0.3 is 5.97 Å². The first-order valence-corrected chi connectivity index (χ1v) is 6.54. The summed E-state index contributed by atoms with van der Waals surface area (Å²) in [6.45, 7) is 9.03. The number of carboxylic acid groups (broad SMARTS) is 1. The minimum atomic E-state index is -0.895. The minimum absolute atomic E-state index is 0.103. The van der Waals surface area contributed by atoms with Crippen molar-refractivity contribution < 1.29 is 14.6 Å². The zero-order valence-corrected chi connectivity index (χ0v) is 12.1. The summed E-state index contributed by atoms with van der Waals surface area (Å²) < 4.78 is 5.51. The Kier molecular flexibility index (Phi) is 5.36. The molecule has 0 aliphatic carbocycles. The Morgan fingerprint density at radius 3 is 2.32 bits per heavy atom. The van der Waals surface area contributed by atoms with E-state index in [1.165, 1.54) is 5.56 Å². The molecule has 0 bridgehead atoms. The van der Waals surface area contributed by atoms with Gasteiger partial charge in [0, 0.05) is 0 Å². The first kappa shape index (κ1) is 15.5. The van der Waals surface area contributed by atoms with Gasteiger partial charge in [0.15, 0.2) is 0 Å². The van der Waals surface area contributed by atoms with Gasteiger partial charge in [-0.3, -0.25) is 4.79 Å². The second-order valence-electron chi connectivity index (χ2n) is 5.53. The lowest BCUT2D eigenvalue weighted by Crippen LogP contribution is -2.41. The minimum Gasteiger partial charge on any atom is -0.491 e. The van der Waals surface area contributed by atoms with Crippen molar-refractivity contribution >= 4 is 5.97 Å². The molecule has 19 heavy (non-hydrogen) atoms. The van der Waals surface area contributed by atoms with Gasteiger partial charge in [0.25, 0.3) is 0 Å². The summed E-state index contributed by atoms with van der Waals surface area (Å²) in [6, 6.07) is 7.11. The summed E-state index contributed by atoms with van der Waals surface area (Å²) in [5.41, 5.74) is 1.33. The molecule has 0 heterocycles. The van der Waals surface area contributed by atoms with Crippen LogP contribution in [0.5, 0.6) is 5.75 Å². The monoisotopic (exact) mass is 265 g/mol. The quantitative estimate of drug-likeness (QED) is 0.829. The average Bonchev–Trinajstić information content (AvgIpc) is 2.33. The molecular formula is C15H23NO3. The molecule has 0 aliphatic heterocycles. The number of aliphatic carboxylic acids is 1. The van der Waals surface area contributed by atoms with Gasteiger partial charge in [-0.15, -0.1) is 0 Å². The van der Waals surface area contributed by atoms with Crippen LogP contribution in [0.2, 0.25) is 0 Å². The van der Waals surface area contributed by atoms with Crippen molar-refractivity contribution in [1.82, 2.24) is 5.32 Å². The highest BCUT2D eigenvalue weighted by Gasteiger charge is 2.17. The number of hydrogen-bond acceptors (Lipinski definition) is 3. The molecule has 1 atom stereocenters. The Morgan fingerprint density at radius 1 is 1.32 bits per heavy atom. The van der Waals surface area contributed by atoms with Crippen LogP contribution in [0.1, 0.15) is 33.3 Å². The maximum atomic E-state index is 11.0. The second kappa shape index (κ2) is 6.57. The van der Waals surface area contributed by atoms with Crippen molar-refractivity contribution in [3.05, 3.63) is 29.8 Å². The molecule has 0 saturated carbocycles. The van der Waals surface area contributed by atoms with Crippen LogP contribution in [0.4, 0.5) is 0 Å². The Balaban J connectivity index is 2.61. The van der Waals surface area contributed by atoms with Crippen molar-refractivity contribution in [3.8, 4) is 5.75 Å². The maximum absolute atomic E-state index is 11.0. The third-order valence-electron chi connectivity index (χ3n) is 2.89. The van der Waals surface area contributed by atoms with Crippen LogP contribution in [-0.4, -0.2) is 30.3 Å². The number of ether oxygens (including phenoxy) is 1. The lowest BCUT2D eigenvalue weighted by Gasteiger charge is -2.19. The van der Waals surface area contributed by atoms with Gasteiger partial charge in [-0.25, -0.2) is 0 Å². The van der Waals surface area contributed by atoms with Gasteiger partial charge < -0.3 is 15.2 Å². The van der Waals surface area contributed by atoms with E-state index in [-0.39, 0.29) is 12.0 Å². The number of carboxylic acids is 1. The van der Waals surface area contributed by atoms with E-state index in [9.17, 15) is 4.79 Å². The summed E-state index contributed by atoms with van der Waals surface area (Å²) in [7, 11) is 0. The van der Waals surface area contributed by atoms with Crippen LogP contribution >= 0.6 is 0 Å². The fourth-order valence-electron chi connectivity index (χ4n) is 1.69. The Bertz CT molecular complexity index is 406. The molecule has 0 fully saturated rings. The predicted molar refractivity (Wildman–Crippen MR) is 75.7 cm³/mol. The van der Waals surface area contributed by atoms with Gasteiger partial charge in [0.1, 0.15) is 18.4 Å². The molecule has 0 radical (unpaired) electrons. The van der Waals surface area contributed by atoms with E-state index in [1.807, 2.05) is 31.2 Å². The van der Waals surface area contributed by atoms with Gasteiger partial charge in [-0.2, -0.15) is 0 Å². The Labute approximate surface area is 114 Å². The van der Waals surface area contributed by atoms with Crippen molar-refractivity contribution in [2.45, 2.75) is 39.2 Å². The summed E-state index contributed by atoms with van der Waals surface area (Å²) in [5, 5.41) is 11.9. The summed E-state index contributed by atoms with van der Waals surface area (Å²) in [6.07, 6.45) is 0. The van der Waals surface area contributed by atoms with E-state index < -0.39 is 12.0 Å². The zero-order chi connectivity index (χ0) is 14.5. The molecule has 0 aliphatic rings. The number of nitrogens with one attached hydrogen (secondary N) is 1. The fraction of sp³-hybridized carbons (Fsp3) is 0.533. The topological polar surface area (TPSA) is 58.6 Å². The largest absolute Gasteiger partial charge is 0.491 e. The average molecular weight is 265 g/mol. The summed E-state index contributed by atoms with van der Waals surface area (Å²) in [4.78, 5) is 11.0. The standard InChI is InChI=1S/C15H23NO3/c1-5-16-13(14(17)18)10-19-12-8-6-11(7-9-12)15(2,3)4/h6-9,13,16H,5,10H2,1-4H3,(H,17,18). The van der Waals surface area contributed by atoms with Crippen molar-refractivity contribution in [1.29, 1.82) is 0 Å². The molecule has 0 amide bonds. The van der Waals surface area contributed by atoms with Crippen LogP contribution in [0.3, 0.4) is 0 Å². The Hall–Kier alpha value is -1.55. The van der Waals surface area contributed by atoms with Crippen LogP contribution in [0.15, 0.2) is 24.3 Å². The third kappa shape index (κ3) is 4.91. The van der Waals surface area contributed by atoms with Gasteiger partial charge in [0.05, 0.1) is 0 Å². The highest BCUT2D eigenvalue weighted by molar-refractivity contribution is 5.73. The van der Waals surface area contributed by atoms with Gasteiger partial charge in [0.2, 0.25) is 0 Å². The molecule has 1 unspecified atom stereocenters. The second-order valence-corrected chi connectivity index (χ2v) is 5.53. The van der Waals surface area contributed by atoms with E-state index in [4.69, 9.17) is 9.84 Å². The molecule has 0 saturated heterocycles. The van der Waals surface area contributed by atoms with Crippen molar-refractivity contribution in [2.24, 2.45) is 0 Å². The fourth-order valence-corrected chi connectivity index (χ4v) is 1.69.